The van der Waals surface area contributed by atoms with E-state index in [2.05, 4.69) is 20.4 Å². The van der Waals surface area contributed by atoms with Gasteiger partial charge in [0.2, 0.25) is 0 Å². The fraction of sp³-hybridized carbons (Fsp3) is 0.267. The number of hydrogen-bond acceptors (Lipinski definition) is 4. The Morgan fingerprint density at radius 3 is 2.95 bits per heavy atom. The van der Waals surface area contributed by atoms with Crippen LogP contribution in [0.2, 0.25) is 0 Å². The average Bonchev–Trinajstić information content (AvgIpc) is 2.89. The quantitative estimate of drug-likeness (QED) is 0.685. The van der Waals surface area contributed by atoms with Gasteiger partial charge in [0.05, 0.1) is 23.1 Å². The van der Waals surface area contributed by atoms with Crippen LogP contribution in [0.4, 0.5) is 0 Å². The highest BCUT2D eigenvalue weighted by molar-refractivity contribution is 5.77. The molecule has 0 saturated heterocycles. The van der Waals surface area contributed by atoms with Gasteiger partial charge < -0.3 is 10.3 Å². The maximum Gasteiger partial charge on any atom is 0.258 e. The first-order valence-electron chi connectivity index (χ1n) is 6.89. The van der Waals surface area contributed by atoms with Gasteiger partial charge in [-0.05, 0) is 18.2 Å². The molecule has 0 aliphatic rings. The third kappa shape index (κ3) is 3.17. The zero-order valence-electron chi connectivity index (χ0n) is 11.8. The van der Waals surface area contributed by atoms with E-state index in [1.165, 1.54) is 0 Å². The number of aryl methyl sites for hydroxylation is 1. The summed E-state index contributed by atoms with van der Waals surface area (Å²) in [5.41, 5.74) is 1.68. The van der Waals surface area contributed by atoms with E-state index >= 15 is 0 Å². The minimum Gasteiger partial charge on any atom is -0.310 e. The molecule has 2 N–H and O–H groups in total. The van der Waals surface area contributed by atoms with Crippen LogP contribution in [0.3, 0.4) is 0 Å². The van der Waals surface area contributed by atoms with Crippen LogP contribution >= 0.6 is 0 Å². The van der Waals surface area contributed by atoms with E-state index in [1.54, 1.807) is 10.7 Å². The van der Waals surface area contributed by atoms with Gasteiger partial charge in [-0.2, -0.15) is 5.10 Å². The molecular weight excluding hydrogens is 266 g/mol. The van der Waals surface area contributed by atoms with Crippen molar-refractivity contribution < 1.29 is 0 Å². The number of aromatic nitrogens is 4. The molecule has 0 aliphatic carbocycles. The topological polar surface area (TPSA) is 75.6 Å². The highest BCUT2D eigenvalue weighted by Crippen LogP contribution is 2.05. The van der Waals surface area contributed by atoms with Crippen LogP contribution in [0.5, 0.6) is 0 Å². The van der Waals surface area contributed by atoms with E-state index in [1.807, 2.05) is 37.5 Å². The largest absolute Gasteiger partial charge is 0.310 e. The Labute approximate surface area is 121 Å². The Bertz CT molecular complexity index is 805. The smallest absolute Gasteiger partial charge is 0.258 e. The normalized spacial score (nSPS) is 11.1. The second-order valence-corrected chi connectivity index (χ2v) is 4.94. The van der Waals surface area contributed by atoms with Crippen LogP contribution in [-0.4, -0.2) is 26.3 Å². The third-order valence-corrected chi connectivity index (χ3v) is 3.28. The number of H-pyrrole nitrogens is 1. The maximum absolute atomic E-state index is 11.9. The lowest BCUT2D eigenvalue weighted by Crippen LogP contribution is -2.21. The molecular formula is C15H17N5O. The van der Waals surface area contributed by atoms with Crippen LogP contribution in [0.15, 0.2) is 41.3 Å². The molecule has 21 heavy (non-hydrogen) atoms. The second-order valence-electron chi connectivity index (χ2n) is 4.94. The molecule has 0 spiro atoms. The summed E-state index contributed by atoms with van der Waals surface area (Å²) in [6, 6.07) is 9.34. The van der Waals surface area contributed by atoms with Crippen molar-refractivity contribution in [3.8, 4) is 0 Å². The van der Waals surface area contributed by atoms with Gasteiger partial charge in [-0.15, -0.1) is 0 Å². The number of nitrogens with one attached hydrogen (secondary N) is 2. The van der Waals surface area contributed by atoms with E-state index < -0.39 is 0 Å². The van der Waals surface area contributed by atoms with E-state index in [4.69, 9.17) is 0 Å². The lowest BCUT2D eigenvalue weighted by Gasteiger charge is -2.04. The summed E-state index contributed by atoms with van der Waals surface area (Å²) in [7, 11) is 1.90. The monoisotopic (exact) mass is 283 g/mol. The van der Waals surface area contributed by atoms with Crippen molar-refractivity contribution in [1.82, 2.24) is 25.1 Å². The number of aromatic amines is 1. The lowest BCUT2D eigenvalue weighted by atomic mass is 10.2. The number of fused-ring (bicyclic) bond motifs is 1. The van der Waals surface area contributed by atoms with Crippen LogP contribution in [0.1, 0.15) is 11.5 Å². The maximum atomic E-state index is 11.9. The number of benzene rings is 1. The number of para-hydroxylation sites is 1. The van der Waals surface area contributed by atoms with E-state index in [9.17, 15) is 4.79 Å². The Morgan fingerprint density at radius 1 is 1.29 bits per heavy atom. The molecule has 6 heteroatoms. The van der Waals surface area contributed by atoms with Crippen molar-refractivity contribution in [2.45, 2.75) is 13.0 Å². The summed E-state index contributed by atoms with van der Waals surface area (Å²) < 4.78 is 1.79. The standard InChI is InChI=1S/C15H17N5O/c1-20-9-7-11(19-20)6-8-16-10-14-17-13-5-3-2-4-12(13)15(21)18-14/h2-5,7,9,16H,6,8,10H2,1H3,(H,17,18,21). The minimum absolute atomic E-state index is 0.0953. The second kappa shape index (κ2) is 5.88. The Kier molecular flexibility index (Phi) is 3.79. The first kappa shape index (κ1) is 13.5. The van der Waals surface area contributed by atoms with Crippen molar-refractivity contribution in [1.29, 1.82) is 0 Å². The molecule has 6 nitrogen and oxygen atoms in total. The summed E-state index contributed by atoms with van der Waals surface area (Å²) in [4.78, 5) is 19.2. The van der Waals surface area contributed by atoms with Gasteiger partial charge in [-0.1, -0.05) is 12.1 Å². The van der Waals surface area contributed by atoms with Gasteiger partial charge in [0.15, 0.2) is 0 Å². The predicted molar refractivity (Wildman–Crippen MR) is 81.0 cm³/mol. The SMILES string of the molecule is Cn1ccc(CCNCc2nc3ccccc3c(=O)[nH]2)n1. The van der Waals surface area contributed by atoms with Gasteiger partial charge in [-0.3, -0.25) is 9.48 Å². The summed E-state index contributed by atoms with van der Waals surface area (Å²) in [6.07, 6.45) is 2.77. The molecule has 0 amide bonds. The lowest BCUT2D eigenvalue weighted by molar-refractivity contribution is 0.645. The number of rotatable bonds is 5. The van der Waals surface area contributed by atoms with Gasteiger partial charge in [-0.25, -0.2) is 4.98 Å². The molecule has 108 valence electrons. The van der Waals surface area contributed by atoms with Crippen molar-refractivity contribution in [2.75, 3.05) is 6.54 Å². The van der Waals surface area contributed by atoms with Crippen LogP contribution in [0, 0.1) is 0 Å². The molecule has 2 heterocycles. The van der Waals surface area contributed by atoms with Crippen molar-refractivity contribution in [2.24, 2.45) is 7.05 Å². The predicted octanol–water partition coefficient (Wildman–Crippen LogP) is 0.989. The average molecular weight is 283 g/mol. The molecule has 3 aromatic rings. The van der Waals surface area contributed by atoms with Gasteiger partial charge in [0.1, 0.15) is 5.82 Å². The summed E-state index contributed by atoms with van der Waals surface area (Å²) in [6.45, 7) is 1.32. The molecule has 0 bridgehead atoms. The molecule has 2 aromatic heterocycles. The van der Waals surface area contributed by atoms with Gasteiger partial charge in [0, 0.05) is 26.2 Å². The molecule has 3 rings (SSSR count). The zero-order valence-corrected chi connectivity index (χ0v) is 11.8. The van der Waals surface area contributed by atoms with Gasteiger partial charge in [0.25, 0.3) is 5.56 Å². The molecule has 0 aliphatic heterocycles. The number of hydrogen-bond donors (Lipinski definition) is 2. The summed E-state index contributed by atoms with van der Waals surface area (Å²) in [5.74, 6) is 0.653. The summed E-state index contributed by atoms with van der Waals surface area (Å²) in [5, 5.41) is 8.20. The van der Waals surface area contributed by atoms with E-state index in [-0.39, 0.29) is 5.56 Å². The Balaban J connectivity index is 1.61. The van der Waals surface area contributed by atoms with E-state index in [0.717, 1.165) is 24.2 Å². The van der Waals surface area contributed by atoms with Gasteiger partial charge >= 0.3 is 0 Å². The van der Waals surface area contributed by atoms with E-state index in [0.29, 0.717) is 17.8 Å². The third-order valence-electron chi connectivity index (χ3n) is 3.28. The number of nitrogens with zero attached hydrogens (tertiary/aromatic N) is 3. The van der Waals surface area contributed by atoms with Crippen molar-refractivity contribution in [3.63, 3.8) is 0 Å². The highest BCUT2D eigenvalue weighted by atomic mass is 16.1. The van der Waals surface area contributed by atoms with Crippen LogP contribution in [0.25, 0.3) is 10.9 Å². The Hall–Kier alpha value is -2.47. The fourth-order valence-electron chi connectivity index (χ4n) is 2.24. The fourth-order valence-corrected chi connectivity index (χ4v) is 2.24. The molecule has 1 aromatic carbocycles. The first-order chi connectivity index (χ1) is 10.2. The molecule has 0 saturated carbocycles. The summed E-state index contributed by atoms with van der Waals surface area (Å²) >= 11 is 0. The zero-order chi connectivity index (χ0) is 14.7. The first-order valence-corrected chi connectivity index (χ1v) is 6.89. The van der Waals surface area contributed by atoms with Crippen LogP contribution < -0.4 is 10.9 Å². The Morgan fingerprint density at radius 2 is 2.14 bits per heavy atom. The minimum atomic E-state index is -0.0953. The molecule has 0 atom stereocenters. The molecule has 0 unspecified atom stereocenters. The molecule has 0 radical (unpaired) electrons. The highest BCUT2D eigenvalue weighted by Gasteiger charge is 2.03. The van der Waals surface area contributed by atoms with Crippen molar-refractivity contribution >= 4 is 10.9 Å². The van der Waals surface area contributed by atoms with Crippen molar-refractivity contribution in [3.05, 3.63) is 58.4 Å². The molecule has 0 fully saturated rings. The van der Waals surface area contributed by atoms with Crippen LogP contribution in [-0.2, 0) is 20.0 Å².